The van der Waals surface area contributed by atoms with E-state index in [1.165, 1.54) is 24.8 Å². The fourth-order valence-electron chi connectivity index (χ4n) is 3.06. The predicted molar refractivity (Wildman–Crippen MR) is 94.9 cm³/mol. The van der Waals surface area contributed by atoms with Crippen molar-refractivity contribution in [2.24, 2.45) is 0 Å². The highest BCUT2D eigenvalue weighted by Crippen LogP contribution is 2.20. The number of nitrogens with one attached hydrogen (secondary N) is 2. The molecule has 5 nitrogen and oxygen atoms in total. The molecule has 2 N–H and O–H groups in total. The van der Waals surface area contributed by atoms with Gasteiger partial charge in [0.15, 0.2) is 0 Å². The monoisotopic (exact) mass is 324 g/mol. The smallest absolute Gasteiger partial charge is 0.270 e. The van der Waals surface area contributed by atoms with Crippen LogP contribution in [0.15, 0.2) is 36.5 Å². The molecule has 1 aromatic carbocycles. The molecule has 0 aliphatic heterocycles. The van der Waals surface area contributed by atoms with Crippen molar-refractivity contribution in [1.29, 1.82) is 0 Å². The van der Waals surface area contributed by atoms with Crippen LogP contribution in [0.4, 0.5) is 5.95 Å². The van der Waals surface area contributed by atoms with E-state index in [0.29, 0.717) is 24.2 Å². The van der Waals surface area contributed by atoms with Gasteiger partial charge in [0.25, 0.3) is 5.91 Å². The van der Waals surface area contributed by atoms with Crippen LogP contribution in [0.5, 0.6) is 0 Å². The Morgan fingerprint density at radius 1 is 1.17 bits per heavy atom. The Bertz CT molecular complexity index is 695. The normalized spacial score (nSPS) is 15.0. The van der Waals surface area contributed by atoms with Gasteiger partial charge >= 0.3 is 0 Å². The number of benzene rings is 1. The van der Waals surface area contributed by atoms with Crippen molar-refractivity contribution < 1.29 is 4.79 Å². The van der Waals surface area contributed by atoms with Gasteiger partial charge in [0.05, 0.1) is 0 Å². The molecule has 1 fully saturated rings. The van der Waals surface area contributed by atoms with Crippen LogP contribution in [-0.2, 0) is 6.54 Å². The van der Waals surface area contributed by atoms with Crippen LogP contribution in [-0.4, -0.2) is 21.9 Å². The maximum Gasteiger partial charge on any atom is 0.270 e. The molecule has 1 saturated carbocycles. The molecule has 1 aliphatic carbocycles. The summed E-state index contributed by atoms with van der Waals surface area (Å²) in [5.41, 5.74) is 2.68. The molecule has 0 spiro atoms. The summed E-state index contributed by atoms with van der Waals surface area (Å²) in [6.45, 7) is 2.54. The molecular weight excluding hydrogens is 300 g/mol. The van der Waals surface area contributed by atoms with E-state index < -0.39 is 0 Å². The average Bonchev–Trinajstić information content (AvgIpc) is 2.62. The van der Waals surface area contributed by atoms with Gasteiger partial charge in [-0.05, 0) is 37.0 Å². The zero-order chi connectivity index (χ0) is 16.8. The molecule has 1 aromatic heterocycles. The van der Waals surface area contributed by atoms with Gasteiger partial charge in [-0.3, -0.25) is 4.79 Å². The number of carbonyl (C=O) groups is 1. The molecule has 0 unspecified atom stereocenters. The molecule has 0 saturated heterocycles. The first-order chi connectivity index (χ1) is 11.7. The number of rotatable bonds is 5. The number of hydrogen-bond acceptors (Lipinski definition) is 4. The highest BCUT2D eigenvalue weighted by Gasteiger charge is 2.15. The molecule has 0 atom stereocenters. The van der Waals surface area contributed by atoms with Crippen molar-refractivity contribution in [3.8, 4) is 0 Å². The van der Waals surface area contributed by atoms with E-state index in [0.717, 1.165) is 18.4 Å². The molecule has 5 heteroatoms. The summed E-state index contributed by atoms with van der Waals surface area (Å²) < 4.78 is 0. The van der Waals surface area contributed by atoms with E-state index in [2.05, 4.69) is 20.6 Å². The second-order valence-corrected chi connectivity index (χ2v) is 6.35. The van der Waals surface area contributed by atoms with Crippen LogP contribution in [0.25, 0.3) is 0 Å². The van der Waals surface area contributed by atoms with Crippen LogP contribution >= 0.6 is 0 Å². The zero-order valence-electron chi connectivity index (χ0n) is 14.1. The molecule has 0 radical (unpaired) electrons. The van der Waals surface area contributed by atoms with Gasteiger partial charge in [0.1, 0.15) is 5.69 Å². The molecule has 2 aromatic rings. The van der Waals surface area contributed by atoms with Gasteiger partial charge in [-0.15, -0.1) is 0 Å². The van der Waals surface area contributed by atoms with E-state index in [4.69, 9.17) is 0 Å². The summed E-state index contributed by atoms with van der Waals surface area (Å²) in [5, 5.41) is 6.29. The van der Waals surface area contributed by atoms with Crippen molar-refractivity contribution in [1.82, 2.24) is 15.3 Å². The van der Waals surface area contributed by atoms with Gasteiger partial charge in [0, 0.05) is 18.8 Å². The zero-order valence-corrected chi connectivity index (χ0v) is 14.1. The predicted octanol–water partition coefficient (Wildman–Crippen LogP) is 3.46. The van der Waals surface area contributed by atoms with Crippen molar-refractivity contribution in [3.05, 3.63) is 53.3 Å². The highest BCUT2D eigenvalue weighted by molar-refractivity contribution is 5.92. The Kier molecular flexibility index (Phi) is 5.41. The fraction of sp³-hybridized carbons (Fsp3) is 0.421. The maximum absolute atomic E-state index is 12.3. The molecule has 3 rings (SSSR count). The minimum Gasteiger partial charge on any atom is -0.351 e. The average molecular weight is 324 g/mol. The minimum atomic E-state index is -0.174. The maximum atomic E-state index is 12.3. The van der Waals surface area contributed by atoms with Crippen molar-refractivity contribution in [2.45, 2.75) is 51.6 Å². The van der Waals surface area contributed by atoms with Gasteiger partial charge in [-0.2, -0.15) is 0 Å². The number of nitrogens with zero attached hydrogens (tertiary/aromatic N) is 2. The summed E-state index contributed by atoms with van der Waals surface area (Å²) in [5.74, 6) is 0.373. The summed E-state index contributed by atoms with van der Waals surface area (Å²) in [6.07, 6.45) is 7.73. The lowest BCUT2D eigenvalue weighted by atomic mass is 9.96. The summed E-state index contributed by atoms with van der Waals surface area (Å²) in [4.78, 5) is 21.0. The lowest BCUT2D eigenvalue weighted by molar-refractivity contribution is 0.0946. The molecular formula is C19H24N4O. The van der Waals surface area contributed by atoms with Gasteiger partial charge in [0.2, 0.25) is 5.95 Å². The summed E-state index contributed by atoms with van der Waals surface area (Å²) in [7, 11) is 0. The van der Waals surface area contributed by atoms with E-state index in [1.807, 2.05) is 31.2 Å². The van der Waals surface area contributed by atoms with Crippen LogP contribution in [0.2, 0.25) is 0 Å². The Hall–Kier alpha value is -2.43. The van der Waals surface area contributed by atoms with Crippen molar-refractivity contribution in [3.63, 3.8) is 0 Å². The molecule has 24 heavy (non-hydrogen) atoms. The van der Waals surface area contributed by atoms with Gasteiger partial charge in [-0.25, -0.2) is 9.97 Å². The number of amides is 1. The number of aryl methyl sites for hydroxylation is 1. The number of anilines is 1. The third kappa shape index (κ3) is 4.31. The van der Waals surface area contributed by atoms with E-state index in [1.54, 1.807) is 12.3 Å². The van der Waals surface area contributed by atoms with Crippen LogP contribution in [0.1, 0.15) is 53.7 Å². The number of hydrogen-bond donors (Lipinski definition) is 2. The topological polar surface area (TPSA) is 66.9 Å². The molecule has 1 heterocycles. The highest BCUT2D eigenvalue weighted by atomic mass is 16.1. The lowest BCUT2D eigenvalue weighted by Gasteiger charge is -2.22. The Balaban J connectivity index is 1.60. The molecule has 1 aliphatic rings. The van der Waals surface area contributed by atoms with Gasteiger partial charge < -0.3 is 10.6 Å². The Labute approximate surface area is 142 Å². The van der Waals surface area contributed by atoms with Crippen molar-refractivity contribution >= 4 is 11.9 Å². The summed E-state index contributed by atoms with van der Waals surface area (Å²) >= 11 is 0. The number of aromatic nitrogens is 2. The molecule has 1 amide bonds. The first-order valence-electron chi connectivity index (χ1n) is 8.64. The van der Waals surface area contributed by atoms with Crippen LogP contribution < -0.4 is 10.6 Å². The Morgan fingerprint density at radius 2 is 1.96 bits per heavy atom. The number of carbonyl (C=O) groups excluding carboxylic acids is 1. The third-order valence-corrected chi connectivity index (χ3v) is 4.53. The minimum absolute atomic E-state index is 0.174. The SMILES string of the molecule is Cc1ccccc1CNC(=O)c1ccnc(NC2CCCCC2)n1. The fourth-order valence-corrected chi connectivity index (χ4v) is 3.06. The van der Waals surface area contributed by atoms with E-state index in [-0.39, 0.29) is 5.91 Å². The second kappa shape index (κ2) is 7.90. The summed E-state index contributed by atoms with van der Waals surface area (Å²) in [6, 6.07) is 10.1. The molecule has 0 bridgehead atoms. The van der Waals surface area contributed by atoms with Gasteiger partial charge in [-0.1, -0.05) is 43.5 Å². The quantitative estimate of drug-likeness (QED) is 0.884. The Morgan fingerprint density at radius 3 is 2.75 bits per heavy atom. The largest absolute Gasteiger partial charge is 0.351 e. The lowest BCUT2D eigenvalue weighted by Crippen LogP contribution is -2.26. The molecule has 126 valence electrons. The van der Waals surface area contributed by atoms with E-state index >= 15 is 0 Å². The third-order valence-electron chi connectivity index (χ3n) is 4.53. The van der Waals surface area contributed by atoms with Crippen LogP contribution in [0.3, 0.4) is 0 Å². The second-order valence-electron chi connectivity index (χ2n) is 6.35. The standard InChI is InChI=1S/C19H24N4O/c1-14-7-5-6-8-15(14)13-21-18(24)17-11-12-20-19(23-17)22-16-9-3-2-4-10-16/h5-8,11-12,16H,2-4,9-10,13H2,1H3,(H,21,24)(H,20,22,23). The van der Waals surface area contributed by atoms with Crippen LogP contribution in [0, 0.1) is 6.92 Å². The van der Waals surface area contributed by atoms with Crippen molar-refractivity contribution in [2.75, 3.05) is 5.32 Å². The van der Waals surface area contributed by atoms with E-state index in [9.17, 15) is 4.79 Å². The first-order valence-corrected chi connectivity index (χ1v) is 8.64. The first kappa shape index (κ1) is 16.4.